The first-order valence-electron chi connectivity index (χ1n) is 10.1. The zero-order valence-corrected chi connectivity index (χ0v) is 16.8. The Morgan fingerprint density at radius 1 is 1.21 bits per heavy atom. The largest absolute Gasteiger partial charge is 0.450 e. The molecule has 1 fully saturated rings. The number of nitrogens with one attached hydrogen (secondary N) is 2. The molecule has 1 aromatic carbocycles. The zero-order chi connectivity index (χ0) is 19.8. The summed E-state index contributed by atoms with van der Waals surface area (Å²) in [6.45, 7) is 8.69. The second-order valence-corrected chi connectivity index (χ2v) is 6.71. The standard InChI is InChI=1S/C20H30N6O2/c1-3-21-19(25-12-14-26(15-13-25)20(27)28-4-2)22-11-7-10-18-23-16-8-5-6-9-17(16)24-18/h5-6,8-9H,3-4,7,10-15H2,1-2H3,(H,21,22)(H,23,24). The maximum Gasteiger partial charge on any atom is 0.409 e. The van der Waals surface area contributed by atoms with Crippen LogP contribution in [-0.2, 0) is 11.2 Å². The minimum atomic E-state index is -0.227. The van der Waals surface area contributed by atoms with Crippen LogP contribution in [0, 0.1) is 0 Å². The molecular formula is C20H30N6O2. The number of amides is 1. The molecular weight excluding hydrogens is 356 g/mol. The summed E-state index contributed by atoms with van der Waals surface area (Å²) < 4.78 is 5.08. The first-order chi connectivity index (χ1) is 13.7. The number of nitrogens with zero attached hydrogens (tertiary/aromatic N) is 4. The molecule has 1 saturated heterocycles. The minimum Gasteiger partial charge on any atom is -0.450 e. The van der Waals surface area contributed by atoms with Crippen LogP contribution < -0.4 is 5.32 Å². The van der Waals surface area contributed by atoms with Gasteiger partial charge >= 0.3 is 6.09 Å². The number of hydrogen-bond donors (Lipinski definition) is 2. The molecule has 2 N–H and O–H groups in total. The lowest BCUT2D eigenvalue weighted by molar-refractivity contribution is 0.0914. The summed E-state index contributed by atoms with van der Waals surface area (Å²) in [6, 6.07) is 8.08. The van der Waals surface area contributed by atoms with Gasteiger partial charge in [-0.1, -0.05) is 12.1 Å². The fraction of sp³-hybridized carbons (Fsp3) is 0.550. The number of fused-ring (bicyclic) bond motifs is 1. The topological polar surface area (TPSA) is 85.9 Å². The summed E-state index contributed by atoms with van der Waals surface area (Å²) >= 11 is 0. The number of hydrogen-bond acceptors (Lipinski definition) is 4. The van der Waals surface area contributed by atoms with Gasteiger partial charge in [-0.3, -0.25) is 4.99 Å². The molecule has 0 atom stereocenters. The van der Waals surface area contributed by atoms with E-state index in [2.05, 4.69) is 27.1 Å². The maximum absolute atomic E-state index is 11.8. The molecule has 1 aliphatic heterocycles. The van der Waals surface area contributed by atoms with Crippen molar-refractivity contribution in [2.75, 3.05) is 45.9 Å². The van der Waals surface area contributed by atoms with Crippen LogP contribution in [0.25, 0.3) is 11.0 Å². The summed E-state index contributed by atoms with van der Waals surface area (Å²) in [5.41, 5.74) is 2.09. The van der Waals surface area contributed by atoms with E-state index in [9.17, 15) is 4.79 Å². The zero-order valence-electron chi connectivity index (χ0n) is 16.8. The van der Waals surface area contributed by atoms with Crippen molar-refractivity contribution in [1.82, 2.24) is 25.1 Å². The van der Waals surface area contributed by atoms with Gasteiger partial charge in [0, 0.05) is 45.7 Å². The Hall–Kier alpha value is -2.77. The van der Waals surface area contributed by atoms with Crippen molar-refractivity contribution in [3.05, 3.63) is 30.1 Å². The third-order valence-electron chi connectivity index (χ3n) is 4.71. The SMILES string of the molecule is CCNC(=NCCCc1nc2ccccc2[nH]1)N1CCN(C(=O)OCC)CC1. The number of imidazole rings is 1. The summed E-state index contributed by atoms with van der Waals surface area (Å²) in [5.74, 6) is 1.92. The van der Waals surface area contributed by atoms with Crippen molar-refractivity contribution >= 4 is 23.1 Å². The Morgan fingerprint density at radius 2 is 1.96 bits per heavy atom. The molecule has 1 aliphatic rings. The van der Waals surface area contributed by atoms with Crippen LogP contribution in [0.3, 0.4) is 0 Å². The van der Waals surface area contributed by atoms with E-state index < -0.39 is 0 Å². The summed E-state index contributed by atoms with van der Waals surface area (Å²) in [4.78, 5) is 28.6. The van der Waals surface area contributed by atoms with Crippen molar-refractivity contribution in [3.63, 3.8) is 0 Å². The Labute approximate surface area is 166 Å². The molecule has 2 aromatic rings. The monoisotopic (exact) mass is 386 g/mol. The lowest BCUT2D eigenvalue weighted by atomic mass is 10.3. The van der Waals surface area contributed by atoms with E-state index in [4.69, 9.17) is 9.73 Å². The van der Waals surface area contributed by atoms with Crippen LogP contribution in [0.1, 0.15) is 26.1 Å². The second-order valence-electron chi connectivity index (χ2n) is 6.71. The van der Waals surface area contributed by atoms with Gasteiger partial charge in [0.2, 0.25) is 0 Å². The van der Waals surface area contributed by atoms with E-state index >= 15 is 0 Å². The van der Waals surface area contributed by atoms with Gasteiger partial charge in [-0.15, -0.1) is 0 Å². The number of piperazine rings is 1. The molecule has 0 unspecified atom stereocenters. The highest BCUT2D eigenvalue weighted by molar-refractivity contribution is 5.80. The molecule has 3 rings (SSSR count). The van der Waals surface area contributed by atoms with Crippen LogP contribution in [0.2, 0.25) is 0 Å². The summed E-state index contributed by atoms with van der Waals surface area (Å²) in [5, 5.41) is 3.36. The number of rotatable bonds is 6. The van der Waals surface area contributed by atoms with E-state index in [1.165, 1.54) is 0 Å². The summed E-state index contributed by atoms with van der Waals surface area (Å²) in [7, 11) is 0. The van der Waals surface area contributed by atoms with Crippen molar-refractivity contribution in [2.24, 2.45) is 4.99 Å². The number of aromatic amines is 1. The van der Waals surface area contributed by atoms with Crippen LogP contribution in [0.5, 0.6) is 0 Å². The van der Waals surface area contributed by atoms with Gasteiger partial charge in [-0.25, -0.2) is 9.78 Å². The molecule has 2 heterocycles. The average molecular weight is 387 g/mol. The number of aryl methyl sites for hydroxylation is 1. The Kier molecular flexibility index (Phi) is 7.11. The molecule has 0 saturated carbocycles. The number of benzene rings is 1. The average Bonchev–Trinajstić information content (AvgIpc) is 3.13. The third kappa shape index (κ3) is 5.15. The van der Waals surface area contributed by atoms with Gasteiger partial charge in [0.05, 0.1) is 17.6 Å². The van der Waals surface area contributed by atoms with Crippen LogP contribution in [-0.4, -0.2) is 77.7 Å². The van der Waals surface area contributed by atoms with Gasteiger partial charge in [-0.05, 0) is 32.4 Å². The molecule has 1 aromatic heterocycles. The Morgan fingerprint density at radius 3 is 2.68 bits per heavy atom. The van der Waals surface area contributed by atoms with E-state index in [0.717, 1.165) is 61.8 Å². The normalized spacial score (nSPS) is 15.1. The Balaban J connectivity index is 1.49. The Bertz CT molecular complexity index is 762. The fourth-order valence-corrected chi connectivity index (χ4v) is 3.30. The highest BCUT2D eigenvalue weighted by Crippen LogP contribution is 2.11. The molecule has 0 bridgehead atoms. The molecule has 8 heteroatoms. The third-order valence-corrected chi connectivity index (χ3v) is 4.71. The second kappa shape index (κ2) is 9.96. The predicted molar refractivity (Wildman–Crippen MR) is 111 cm³/mol. The van der Waals surface area contributed by atoms with E-state index in [1.807, 2.05) is 31.2 Å². The van der Waals surface area contributed by atoms with Crippen LogP contribution in [0.15, 0.2) is 29.3 Å². The van der Waals surface area contributed by atoms with Gasteiger partial charge in [0.15, 0.2) is 5.96 Å². The fourth-order valence-electron chi connectivity index (χ4n) is 3.30. The molecule has 0 aliphatic carbocycles. The van der Waals surface area contributed by atoms with Crippen molar-refractivity contribution in [1.29, 1.82) is 0 Å². The molecule has 8 nitrogen and oxygen atoms in total. The van der Waals surface area contributed by atoms with E-state index in [1.54, 1.807) is 4.90 Å². The maximum atomic E-state index is 11.8. The number of ether oxygens (including phenoxy) is 1. The number of H-pyrrole nitrogens is 1. The number of aromatic nitrogens is 2. The lowest BCUT2D eigenvalue weighted by Crippen LogP contribution is -2.53. The number of carbonyl (C=O) groups is 1. The first kappa shape index (κ1) is 20.0. The lowest BCUT2D eigenvalue weighted by Gasteiger charge is -2.35. The molecule has 28 heavy (non-hydrogen) atoms. The van der Waals surface area contributed by atoms with Crippen LogP contribution in [0.4, 0.5) is 4.79 Å². The number of guanidine groups is 1. The number of para-hydroxylation sites is 2. The van der Waals surface area contributed by atoms with Crippen molar-refractivity contribution < 1.29 is 9.53 Å². The van der Waals surface area contributed by atoms with E-state index in [0.29, 0.717) is 19.7 Å². The van der Waals surface area contributed by atoms with Crippen molar-refractivity contribution in [3.8, 4) is 0 Å². The number of carbonyl (C=O) groups excluding carboxylic acids is 1. The highest BCUT2D eigenvalue weighted by atomic mass is 16.6. The van der Waals surface area contributed by atoms with Gasteiger partial charge < -0.3 is 24.8 Å². The van der Waals surface area contributed by atoms with Gasteiger partial charge in [0.25, 0.3) is 0 Å². The summed E-state index contributed by atoms with van der Waals surface area (Å²) in [6.07, 6.45) is 1.57. The predicted octanol–water partition coefficient (Wildman–Crippen LogP) is 2.24. The quantitative estimate of drug-likeness (QED) is 0.452. The first-order valence-corrected chi connectivity index (χ1v) is 10.1. The smallest absolute Gasteiger partial charge is 0.409 e. The van der Waals surface area contributed by atoms with Gasteiger partial charge in [0.1, 0.15) is 5.82 Å². The van der Waals surface area contributed by atoms with Crippen molar-refractivity contribution in [2.45, 2.75) is 26.7 Å². The number of aliphatic imine (C=N–C) groups is 1. The molecule has 1 amide bonds. The molecule has 152 valence electrons. The van der Waals surface area contributed by atoms with Gasteiger partial charge in [-0.2, -0.15) is 0 Å². The minimum absolute atomic E-state index is 0.227. The van der Waals surface area contributed by atoms with E-state index in [-0.39, 0.29) is 6.09 Å². The highest BCUT2D eigenvalue weighted by Gasteiger charge is 2.23. The van der Waals surface area contributed by atoms with Crippen LogP contribution >= 0.6 is 0 Å². The molecule has 0 radical (unpaired) electrons. The molecule has 0 spiro atoms.